The minimum atomic E-state index is 0.521. The molecular formula is C22H21N5O2S. The minimum Gasteiger partial charge on any atom is -0.496 e. The highest BCUT2D eigenvalue weighted by molar-refractivity contribution is 7.98. The van der Waals surface area contributed by atoms with E-state index in [0.29, 0.717) is 29.1 Å². The fourth-order valence-electron chi connectivity index (χ4n) is 3.34. The van der Waals surface area contributed by atoms with Crippen molar-refractivity contribution in [2.45, 2.75) is 36.2 Å². The third-order valence-corrected chi connectivity index (χ3v) is 5.96. The Balaban J connectivity index is 1.34. The van der Waals surface area contributed by atoms with E-state index < -0.39 is 0 Å². The smallest absolute Gasteiger partial charge is 0.237 e. The molecule has 1 fully saturated rings. The first-order chi connectivity index (χ1) is 14.8. The van der Waals surface area contributed by atoms with Gasteiger partial charge in [-0.25, -0.2) is 0 Å². The van der Waals surface area contributed by atoms with Gasteiger partial charge in [0.15, 0.2) is 5.16 Å². The maximum atomic E-state index is 5.47. The zero-order valence-electron chi connectivity index (χ0n) is 16.6. The number of methoxy groups -OCH3 is 1. The number of aromatic nitrogens is 5. The highest BCUT2D eigenvalue weighted by Gasteiger charge is 2.30. The van der Waals surface area contributed by atoms with E-state index in [2.05, 4.69) is 49.2 Å². The fourth-order valence-corrected chi connectivity index (χ4v) is 4.13. The normalized spacial score (nSPS) is 13.5. The molecule has 1 aliphatic carbocycles. The number of nitrogens with zero attached hydrogens (tertiary/aromatic N) is 5. The lowest BCUT2D eigenvalue weighted by Crippen LogP contribution is -2.06. The molecule has 1 saturated carbocycles. The Hall–Kier alpha value is -3.13. The second-order valence-corrected chi connectivity index (χ2v) is 8.13. The van der Waals surface area contributed by atoms with Crippen molar-refractivity contribution in [3.05, 3.63) is 71.9 Å². The van der Waals surface area contributed by atoms with Crippen LogP contribution in [0.5, 0.6) is 5.75 Å². The van der Waals surface area contributed by atoms with Gasteiger partial charge in [0.1, 0.15) is 11.6 Å². The van der Waals surface area contributed by atoms with Gasteiger partial charge in [0.2, 0.25) is 11.7 Å². The molecule has 0 amide bonds. The first-order valence-corrected chi connectivity index (χ1v) is 10.9. The molecule has 0 unspecified atom stereocenters. The van der Waals surface area contributed by atoms with Gasteiger partial charge in [-0.05, 0) is 30.5 Å². The number of rotatable bonds is 8. The largest absolute Gasteiger partial charge is 0.496 e. The van der Waals surface area contributed by atoms with Crippen LogP contribution in [0.15, 0.2) is 64.3 Å². The van der Waals surface area contributed by atoms with Gasteiger partial charge >= 0.3 is 0 Å². The monoisotopic (exact) mass is 419 g/mol. The van der Waals surface area contributed by atoms with Crippen molar-refractivity contribution < 1.29 is 9.26 Å². The first kappa shape index (κ1) is 18.9. The Morgan fingerprint density at radius 2 is 1.87 bits per heavy atom. The molecule has 0 saturated heterocycles. The van der Waals surface area contributed by atoms with Gasteiger partial charge in [-0.15, -0.1) is 10.2 Å². The summed E-state index contributed by atoms with van der Waals surface area (Å²) in [6, 6.07) is 18.0. The molecule has 0 spiro atoms. The summed E-state index contributed by atoms with van der Waals surface area (Å²) in [5.74, 6) is 3.90. The Bertz CT molecular complexity index is 1140. The highest BCUT2D eigenvalue weighted by Crippen LogP contribution is 2.40. The van der Waals surface area contributed by atoms with Crippen LogP contribution in [0.3, 0.4) is 0 Å². The van der Waals surface area contributed by atoms with Crippen molar-refractivity contribution in [1.29, 1.82) is 0 Å². The van der Waals surface area contributed by atoms with Gasteiger partial charge in [-0.3, -0.25) is 0 Å². The van der Waals surface area contributed by atoms with Crippen molar-refractivity contribution >= 4 is 11.8 Å². The Labute approximate surface area is 178 Å². The van der Waals surface area contributed by atoms with Crippen LogP contribution in [-0.2, 0) is 12.3 Å². The van der Waals surface area contributed by atoms with Crippen LogP contribution in [0.25, 0.3) is 11.4 Å². The number of ether oxygens (including phenoxy) is 1. The maximum absolute atomic E-state index is 5.47. The molecule has 2 heterocycles. The molecule has 7 nitrogen and oxygen atoms in total. The topological polar surface area (TPSA) is 78.9 Å². The van der Waals surface area contributed by atoms with Crippen LogP contribution in [0.2, 0.25) is 0 Å². The summed E-state index contributed by atoms with van der Waals surface area (Å²) >= 11 is 1.57. The summed E-state index contributed by atoms with van der Waals surface area (Å²) in [6.07, 6.45) is 2.37. The molecule has 0 bridgehead atoms. The van der Waals surface area contributed by atoms with Crippen molar-refractivity contribution in [3.8, 4) is 17.1 Å². The van der Waals surface area contributed by atoms with Gasteiger partial charge in [-0.2, -0.15) is 4.98 Å². The van der Waals surface area contributed by atoms with Gasteiger partial charge < -0.3 is 13.8 Å². The van der Waals surface area contributed by atoms with Gasteiger partial charge in [-0.1, -0.05) is 59.4 Å². The summed E-state index contributed by atoms with van der Waals surface area (Å²) in [6.45, 7) is 0.762. The predicted molar refractivity (Wildman–Crippen MR) is 113 cm³/mol. The van der Waals surface area contributed by atoms with Crippen LogP contribution in [0.1, 0.15) is 36.0 Å². The molecular weight excluding hydrogens is 398 g/mol. The summed E-state index contributed by atoms with van der Waals surface area (Å²) in [5, 5.41) is 13.9. The lowest BCUT2D eigenvalue weighted by atomic mass is 10.2. The molecule has 2 aromatic heterocycles. The second-order valence-electron chi connectivity index (χ2n) is 7.19. The lowest BCUT2D eigenvalue weighted by Gasteiger charge is -2.09. The zero-order valence-corrected chi connectivity index (χ0v) is 17.4. The zero-order chi connectivity index (χ0) is 20.3. The summed E-state index contributed by atoms with van der Waals surface area (Å²) < 4.78 is 13.1. The molecule has 0 N–H and O–H groups in total. The Morgan fingerprint density at radius 3 is 2.67 bits per heavy atom. The van der Waals surface area contributed by atoms with E-state index in [9.17, 15) is 0 Å². The quantitative estimate of drug-likeness (QED) is 0.388. The lowest BCUT2D eigenvalue weighted by molar-refractivity contribution is 0.390. The van der Waals surface area contributed by atoms with Crippen LogP contribution in [-0.4, -0.2) is 32.0 Å². The summed E-state index contributed by atoms with van der Waals surface area (Å²) in [5.41, 5.74) is 2.04. The molecule has 152 valence electrons. The van der Waals surface area contributed by atoms with E-state index in [1.54, 1.807) is 18.9 Å². The molecule has 0 aliphatic heterocycles. The van der Waals surface area contributed by atoms with Crippen LogP contribution >= 0.6 is 11.8 Å². The predicted octanol–water partition coefficient (Wildman–Crippen LogP) is 4.55. The Kier molecular flexibility index (Phi) is 5.23. The van der Waals surface area contributed by atoms with Crippen molar-refractivity contribution in [2.75, 3.05) is 7.11 Å². The molecule has 5 rings (SSSR count). The van der Waals surface area contributed by atoms with E-state index in [0.717, 1.165) is 23.1 Å². The molecule has 0 atom stereocenters. The van der Waals surface area contributed by atoms with Crippen LogP contribution in [0, 0.1) is 0 Å². The molecule has 0 radical (unpaired) electrons. The van der Waals surface area contributed by atoms with Crippen LogP contribution in [0.4, 0.5) is 0 Å². The molecule has 2 aromatic carbocycles. The fraction of sp³-hybridized carbons (Fsp3) is 0.273. The number of hydrogen-bond acceptors (Lipinski definition) is 7. The standard InChI is InChI=1S/C22H21N5O2S/c1-28-18-10-6-5-9-17(18)20-23-19(29-26-20)14-30-22-25-24-21(16-11-12-16)27(22)13-15-7-3-2-4-8-15/h2-10,16H,11-14H2,1H3. The average Bonchev–Trinajstić information content (AvgIpc) is 3.39. The van der Waals surface area contributed by atoms with E-state index >= 15 is 0 Å². The molecule has 30 heavy (non-hydrogen) atoms. The SMILES string of the molecule is COc1ccccc1-c1noc(CSc2nnc(C3CC3)n2Cc2ccccc2)n1. The van der Waals surface area contributed by atoms with E-state index in [4.69, 9.17) is 9.26 Å². The summed E-state index contributed by atoms with van der Waals surface area (Å²) in [7, 11) is 1.63. The second kappa shape index (κ2) is 8.31. The van der Waals surface area contributed by atoms with Gasteiger partial charge in [0, 0.05) is 5.92 Å². The van der Waals surface area contributed by atoms with Gasteiger partial charge in [0.25, 0.3) is 0 Å². The average molecular weight is 420 g/mol. The minimum absolute atomic E-state index is 0.521. The maximum Gasteiger partial charge on any atom is 0.237 e. The number of benzene rings is 2. The molecule has 4 aromatic rings. The molecule has 8 heteroatoms. The van der Waals surface area contributed by atoms with E-state index in [1.807, 2.05) is 30.3 Å². The van der Waals surface area contributed by atoms with Crippen LogP contribution < -0.4 is 4.74 Å². The number of hydrogen-bond donors (Lipinski definition) is 0. The number of para-hydroxylation sites is 1. The number of thioether (sulfide) groups is 1. The third kappa shape index (κ3) is 3.95. The van der Waals surface area contributed by atoms with Crippen molar-refractivity contribution in [3.63, 3.8) is 0 Å². The van der Waals surface area contributed by atoms with Gasteiger partial charge in [0.05, 0.1) is 25.0 Å². The summed E-state index contributed by atoms with van der Waals surface area (Å²) in [4.78, 5) is 4.54. The molecule has 1 aliphatic rings. The van der Waals surface area contributed by atoms with E-state index in [1.165, 1.54) is 18.4 Å². The van der Waals surface area contributed by atoms with E-state index in [-0.39, 0.29) is 0 Å². The highest BCUT2D eigenvalue weighted by atomic mass is 32.2. The Morgan fingerprint density at radius 1 is 1.07 bits per heavy atom. The van der Waals surface area contributed by atoms with Crippen molar-refractivity contribution in [2.24, 2.45) is 0 Å². The first-order valence-electron chi connectivity index (χ1n) is 9.87. The van der Waals surface area contributed by atoms with Crippen molar-refractivity contribution in [1.82, 2.24) is 24.9 Å². The third-order valence-electron chi connectivity index (χ3n) is 5.01.